The zero-order valence-electron chi connectivity index (χ0n) is 24.3. The average molecular weight is 591 g/mol. The number of phenolic OH excluding ortho intramolecular Hbond substituents is 5. The van der Waals surface area contributed by atoms with Crippen LogP contribution in [0, 0.1) is 0 Å². The van der Waals surface area contributed by atoms with Gasteiger partial charge in [0.2, 0.25) is 0 Å². The Balaban J connectivity index is 1.63. The lowest BCUT2D eigenvalue weighted by atomic mass is 9.88. The molecule has 7 heteroatoms. The lowest BCUT2D eigenvalue weighted by Crippen LogP contribution is -2.10. The molecule has 5 rings (SSSR count). The number of Topliss-reactive ketones (excluding diaryl/α,β-unsaturated/α-hetero) is 1. The summed E-state index contributed by atoms with van der Waals surface area (Å²) in [5, 5.41) is 54.5. The van der Waals surface area contributed by atoms with Gasteiger partial charge in [-0.3, -0.25) is 4.79 Å². The van der Waals surface area contributed by atoms with E-state index in [1.54, 1.807) is 54.6 Å². The van der Waals surface area contributed by atoms with Gasteiger partial charge in [0.15, 0.2) is 5.78 Å². The minimum Gasteiger partial charge on any atom is -0.508 e. The Kier molecular flexibility index (Phi) is 9.05. The average Bonchev–Trinajstić information content (AvgIpc) is 3.02. The fourth-order valence-electron chi connectivity index (χ4n) is 5.51. The molecule has 44 heavy (non-hydrogen) atoms. The molecule has 0 amide bonds. The van der Waals surface area contributed by atoms with E-state index in [1.807, 2.05) is 36.4 Å². The number of hydrogen-bond donors (Lipinski definition) is 5. The lowest BCUT2D eigenvalue weighted by molar-refractivity contribution is 0.0976. The first-order valence-electron chi connectivity index (χ1n) is 14.3. The Labute approximate surface area is 255 Å². The monoisotopic (exact) mass is 590 g/mol. The van der Waals surface area contributed by atoms with Crippen LogP contribution >= 0.6 is 0 Å². The summed E-state index contributed by atoms with van der Waals surface area (Å²) in [6, 6.07) is 27.9. The number of para-hydroxylation sites is 2. The fraction of sp³-hybridized carbons (Fsp3) is 0.162. The van der Waals surface area contributed by atoms with Crippen molar-refractivity contribution >= 4 is 5.78 Å². The summed E-state index contributed by atoms with van der Waals surface area (Å²) in [6.45, 7) is 0. The summed E-state index contributed by atoms with van der Waals surface area (Å²) in [4.78, 5) is 13.8. The van der Waals surface area contributed by atoms with E-state index in [1.165, 1.54) is 13.2 Å². The molecule has 0 fully saturated rings. The Morgan fingerprint density at radius 2 is 1.20 bits per heavy atom. The fourth-order valence-corrected chi connectivity index (χ4v) is 5.51. The first kappa shape index (κ1) is 30.0. The topological polar surface area (TPSA) is 127 Å². The molecule has 0 spiro atoms. The molecule has 0 aromatic heterocycles. The number of aryl methyl sites for hydroxylation is 1. The molecule has 0 saturated carbocycles. The van der Waals surface area contributed by atoms with Crippen molar-refractivity contribution in [2.75, 3.05) is 7.11 Å². The van der Waals surface area contributed by atoms with E-state index in [2.05, 4.69) is 0 Å². The van der Waals surface area contributed by atoms with Crippen molar-refractivity contribution in [2.45, 2.75) is 32.1 Å². The number of ketones is 1. The van der Waals surface area contributed by atoms with Crippen LogP contribution in [-0.4, -0.2) is 38.4 Å². The van der Waals surface area contributed by atoms with Gasteiger partial charge in [-0.05, 0) is 58.5 Å². The Morgan fingerprint density at radius 1 is 0.614 bits per heavy atom. The second-order valence-electron chi connectivity index (χ2n) is 10.7. The third kappa shape index (κ3) is 6.47. The molecule has 7 nitrogen and oxygen atoms in total. The summed E-state index contributed by atoms with van der Waals surface area (Å²) in [5.74, 6) is -0.892. The molecule has 0 aliphatic carbocycles. The maximum Gasteiger partial charge on any atom is 0.170 e. The third-order valence-electron chi connectivity index (χ3n) is 7.85. The molecule has 0 aliphatic heterocycles. The van der Waals surface area contributed by atoms with E-state index in [-0.39, 0.29) is 70.5 Å². The Bertz CT molecular complexity index is 1790. The second-order valence-corrected chi connectivity index (χ2v) is 10.7. The number of phenols is 5. The van der Waals surface area contributed by atoms with Crippen molar-refractivity contribution < 1.29 is 35.1 Å². The van der Waals surface area contributed by atoms with Crippen LogP contribution in [0.15, 0.2) is 97.1 Å². The summed E-state index contributed by atoms with van der Waals surface area (Å²) >= 11 is 0. The number of aromatic hydroxyl groups is 5. The SMILES string of the molecule is COc1c(Cc2cc(O)ccc2Cc2ccccc2O)c(O)c(Cc2ccccc2O)c(O)c1C(=O)CCc1ccccc1. The molecule has 0 aliphatic rings. The van der Waals surface area contributed by atoms with Gasteiger partial charge >= 0.3 is 0 Å². The van der Waals surface area contributed by atoms with Crippen LogP contribution < -0.4 is 4.74 Å². The van der Waals surface area contributed by atoms with Gasteiger partial charge in [0, 0.05) is 36.8 Å². The van der Waals surface area contributed by atoms with Gasteiger partial charge in [0.25, 0.3) is 0 Å². The molecule has 0 saturated heterocycles. The van der Waals surface area contributed by atoms with Crippen LogP contribution in [0.5, 0.6) is 34.5 Å². The lowest BCUT2D eigenvalue weighted by Gasteiger charge is -2.21. The van der Waals surface area contributed by atoms with Gasteiger partial charge in [0.1, 0.15) is 40.1 Å². The largest absolute Gasteiger partial charge is 0.508 e. The van der Waals surface area contributed by atoms with Gasteiger partial charge in [-0.1, -0.05) is 72.8 Å². The molecule has 5 aromatic rings. The van der Waals surface area contributed by atoms with Crippen molar-refractivity contribution in [1.82, 2.24) is 0 Å². The van der Waals surface area contributed by atoms with Gasteiger partial charge in [0.05, 0.1) is 7.11 Å². The van der Waals surface area contributed by atoms with E-state index < -0.39 is 5.75 Å². The highest BCUT2D eigenvalue weighted by Crippen LogP contribution is 2.46. The van der Waals surface area contributed by atoms with E-state index in [0.29, 0.717) is 29.5 Å². The van der Waals surface area contributed by atoms with Gasteiger partial charge in [-0.25, -0.2) is 0 Å². The van der Waals surface area contributed by atoms with Crippen LogP contribution in [0.25, 0.3) is 0 Å². The molecule has 5 N–H and O–H groups in total. The van der Waals surface area contributed by atoms with Crippen molar-refractivity contribution in [2.24, 2.45) is 0 Å². The van der Waals surface area contributed by atoms with Crippen molar-refractivity contribution in [3.63, 3.8) is 0 Å². The van der Waals surface area contributed by atoms with Crippen LogP contribution in [0.4, 0.5) is 0 Å². The smallest absolute Gasteiger partial charge is 0.170 e. The third-order valence-corrected chi connectivity index (χ3v) is 7.85. The van der Waals surface area contributed by atoms with Crippen LogP contribution in [0.2, 0.25) is 0 Å². The number of hydrogen-bond acceptors (Lipinski definition) is 7. The van der Waals surface area contributed by atoms with Crippen LogP contribution in [0.3, 0.4) is 0 Å². The maximum atomic E-state index is 13.8. The van der Waals surface area contributed by atoms with Gasteiger partial charge in [-0.2, -0.15) is 0 Å². The molecule has 0 atom stereocenters. The summed E-state index contributed by atoms with van der Waals surface area (Å²) in [7, 11) is 1.37. The second kappa shape index (κ2) is 13.3. The van der Waals surface area contributed by atoms with Crippen LogP contribution in [-0.2, 0) is 25.7 Å². The van der Waals surface area contributed by atoms with E-state index in [9.17, 15) is 30.3 Å². The number of benzene rings is 5. The number of carbonyl (C=O) groups excluding carboxylic acids is 1. The zero-order valence-corrected chi connectivity index (χ0v) is 24.3. The standard InChI is InChI=1S/C37H34O7/c1-44-37-30(22-27-20-28(38)17-16-24(27)19-25-11-5-7-13-31(25)39)35(42)29(21-26-12-6-8-14-32(26)40)36(43)34(37)33(41)18-15-23-9-3-2-4-10-23/h2-14,16-17,20,38-40,42-43H,15,18-19,21-22H2,1H3. The van der Waals surface area contributed by atoms with Gasteiger partial charge < -0.3 is 30.3 Å². The predicted octanol–water partition coefficient (Wildman–Crippen LogP) is 6.81. The Morgan fingerprint density at radius 3 is 1.84 bits per heavy atom. The quantitative estimate of drug-likeness (QED) is 0.107. The molecular weight excluding hydrogens is 556 g/mol. The first-order chi connectivity index (χ1) is 21.3. The van der Waals surface area contributed by atoms with Gasteiger partial charge in [-0.15, -0.1) is 0 Å². The molecule has 0 bridgehead atoms. The first-order valence-corrected chi connectivity index (χ1v) is 14.3. The number of ether oxygens (including phenoxy) is 1. The van der Waals surface area contributed by atoms with Crippen molar-refractivity contribution in [3.8, 4) is 34.5 Å². The Hall–Kier alpha value is -5.43. The summed E-state index contributed by atoms with van der Waals surface area (Å²) in [6.07, 6.45) is 0.852. The van der Waals surface area contributed by atoms with E-state index >= 15 is 0 Å². The number of rotatable bonds is 11. The van der Waals surface area contributed by atoms with E-state index in [0.717, 1.165) is 11.1 Å². The molecule has 224 valence electrons. The summed E-state index contributed by atoms with van der Waals surface area (Å²) in [5.41, 5.74) is 3.77. The number of methoxy groups -OCH3 is 1. The predicted molar refractivity (Wildman–Crippen MR) is 168 cm³/mol. The molecule has 5 aromatic carbocycles. The highest BCUT2D eigenvalue weighted by molar-refractivity contribution is 6.03. The molecule has 0 heterocycles. The van der Waals surface area contributed by atoms with Crippen LogP contribution in [0.1, 0.15) is 55.7 Å². The van der Waals surface area contributed by atoms with E-state index in [4.69, 9.17) is 4.74 Å². The minimum atomic E-state index is -0.408. The van der Waals surface area contributed by atoms with Crippen molar-refractivity contribution in [3.05, 3.63) is 142 Å². The summed E-state index contributed by atoms with van der Waals surface area (Å²) < 4.78 is 5.73. The molecule has 0 unspecified atom stereocenters. The highest BCUT2D eigenvalue weighted by Gasteiger charge is 2.29. The molecule has 0 radical (unpaired) electrons. The molecular formula is C37H34O7. The zero-order chi connectivity index (χ0) is 31.2. The maximum absolute atomic E-state index is 13.8. The van der Waals surface area contributed by atoms with Crippen molar-refractivity contribution in [1.29, 1.82) is 0 Å². The normalized spacial score (nSPS) is 10.9. The minimum absolute atomic E-state index is 0.00635. The highest BCUT2D eigenvalue weighted by atomic mass is 16.5. The number of carbonyl (C=O) groups is 1.